The molecule has 1 fully saturated rings. The zero-order chi connectivity index (χ0) is 14.8. The van der Waals surface area contributed by atoms with Crippen molar-refractivity contribution in [1.29, 1.82) is 0 Å². The molecular formula is C16H25N3O. The molecule has 1 heterocycles. The Balaban J connectivity index is 2.09. The van der Waals surface area contributed by atoms with Crippen LogP contribution >= 0.6 is 0 Å². The van der Waals surface area contributed by atoms with E-state index < -0.39 is 5.54 Å². The van der Waals surface area contributed by atoms with Crippen LogP contribution in [0.5, 0.6) is 0 Å². The maximum absolute atomic E-state index is 12.5. The first-order valence-electron chi connectivity index (χ1n) is 7.34. The number of hydrogen-bond donors (Lipinski definition) is 2. The van der Waals surface area contributed by atoms with Gasteiger partial charge in [0.05, 0.1) is 5.54 Å². The Morgan fingerprint density at radius 1 is 1.35 bits per heavy atom. The van der Waals surface area contributed by atoms with E-state index in [1.54, 1.807) is 0 Å². The van der Waals surface area contributed by atoms with Crippen LogP contribution in [-0.4, -0.2) is 35.5 Å². The minimum atomic E-state index is -0.778. The van der Waals surface area contributed by atoms with Crippen LogP contribution in [0.4, 0.5) is 0 Å². The summed E-state index contributed by atoms with van der Waals surface area (Å²) in [5, 5.41) is 0. The zero-order valence-electron chi connectivity index (χ0n) is 12.4. The minimum absolute atomic E-state index is 0.0150. The molecule has 0 spiro atoms. The molecule has 4 nitrogen and oxygen atoms in total. The summed E-state index contributed by atoms with van der Waals surface area (Å²) in [5.41, 5.74) is 12.8. The maximum atomic E-state index is 12.5. The molecule has 0 aliphatic carbocycles. The minimum Gasteiger partial charge on any atom is -0.339 e. The molecule has 3 atom stereocenters. The number of nitrogens with two attached hydrogens (primary N) is 2. The average molecular weight is 275 g/mol. The van der Waals surface area contributed by atoms with E-state index in [0.29, 0.717) is 19.5 Å². The number of benzene rings is 1. The van der Waals surface area contributed by atoms with Gasteiger partial charge in [-0.2, -0.15) is 0 Å². The van der Waals surface area contributed by atoms with Gasteiger partial charge >= 0.3 is 0 Å². The predicted molar refractivity (Wildman–Crippen MR) is 81.2 cm³/mol. The van der Waals surface area contributed by atoms with Crippen molar-refractivity contribution in [3.63, 3.8) is 0 Å². The number of rotatable bonds is 4. The lowest BCUT2D eigenvalue weighted by Crippen LogP contribution is -2.52. The van der Waals surface area contributed by atoms with E-state index in [1.165, 1.54) is 5.56 Å². The molecule has 1 amide bonds. The van der Waals surface area contributed by atoms with Crippen LogP contribution in [0.25, 0.3) is 0 Å². The first-order valence-corrected chi connectivity index (χ1v) is 7.34. The number of carbonyl (C=O) groups excluding carboxylic acids is 1. The highest BCUT2D eigenvalue weighted by Crippen LogP contribution is 2.28. The quantitative estimate of drug-likeness (QED) is 0.873. The summed E-state index contributed by atoms with van der Waals surface area (Å²) in [6, 6.07) is 10.1. The van der Waals surface area contributed by atoms with Gasteiger partial charge in [0.25, 0.3) is 0 Å². The van der Waals surface area contributed by atoms with Crippen molar-refractivity contribution in [2.75, 3.05) is 13.1 Å². The fourth-order valence-electron chi connectivity index (χ4n) is 3.04. The van der Waals surface area contributed by atoms with Crippen molar-refractivity contribution in [1.82, 2.24) is 4.90 Å². The van der Waals surface area contributed by atoms with E-state index in [1.807, 2.05) is 36.9 Å². The summed E-state index contributed by atoms with van der Waals surface area (Å²) in [6.45, 7) is 5.12. The molecular weight excluding hydrogens is 250 g/mol. The smallest absolute Gasteiger partial charge is 0.242 e. The predicted octanol–water partition coefficient (Wildman–Crippen LogP) is 1.46. The first kappa shape index (κ1) is 15.0. The number of likely N-dealkylation sites (tertiary alicyclic amines) is 1. The van der Waals surface area contributed by atoms with Gasteiger partial charge in [0.15, 0.2) is 0 Å². The molecule has 4 N–H and O–H groups in total. The Morgan fingerprint density at radius 3 is 2.60 bits per heavy atom. The fraction of sp³-hybridized carbons (Fsp3) is 0.562. The lowest BCUT2D eigenvalue weighted by molar-refractivity contribution is -0.135. The summed E-state index contributed by atoms with van der Waals surface area (Å²) in [7, 11) is 0. The second kappa shape index (κ2) is 5.94. The SMILES string of the molecule is CCCC(C)(N)C(=O)N1C[C@@H](N)[C@H](c2ccccc2)C1. The fourth-order valence-corrected chi connectivity index (χ4v) is 3.04. The monoisotopic (exact) mass is 275 g/mol. The molecule has 1 aromatic rings. The van der Waals surface area contributed by atoms with Gasteiger partial charge in [-0.15, -0.1) is 0 Å². The highest BCUT2D eigenvalue weighted by molar-refractivity contribution is 5.86. The molecule has 0 radical (unpaired) electrons. The lowest BCUT2D eigenvalue weighted by Gasteiger charge is -2.28. The highest BCUT2D eigenvalue weighted by Gasteiger charge is 2.39. The van der Waals surface area contributed by atoms with Gasteiger partial charge in [-0.1, -0.05) is 43.7 Å². The Bertz CT molecular complexity index is 458. The van der Waals surface area contributed by atoms with E-state index in [2.05, 4.69) is 12.1 Å². The Kier molecular flexibility index (Phi) is 4.45. The standard InChI is InChI=1S/C16H25N3O/c1-3-9-16(2,18)15(20)19-10-13(14(17)11-19)12-7-5-4-6-8-12/h4-8,13-14H,3,9-11,17-18H2,1-2H3/t13-,14+,16?/m0/s1. The van der Waals surface area contributed by atoms with Gasteiger partial charge in [0.2, 0.25) is 5.91 Å². The van der Waals surface area contributed by atoms with Crippen LogP contribution < -0.4 is 11.5 Å². The Morgan fingerprint density at radius 2 is 2.00 bits per heavy atom. The molecule has 4 heteroatoms. The third-order valence-corrected chi connectivity index (χ3v) is 4.14. The first-order chi connectivity index (χ1) is 9.45. The number of amides is 1. The number of carbonyl (C=O) groups is 1. The van der Waals surface area contributed by atoms with Crippen LogP contribution in [0, 0.1) is 0 Å². The molecule has 0 bridgehead atoms. The van der Waals surface area contributed by atoms with Gasteiger partial charge in [-0.05, 0) is 18.9 Å². The third-order valence-electron chi connectivity index (χ3n) is 4.14. The van der Waals surface area contributed by atoms with Crippen molar-refractivity contribution in [3.05, 3.63) is 35.9 Å². The van der Waals surface area contributed by atoms with E-state index in [4.69, 9.17) is 11.5 Å². The summed E-state index contributed by atoms with van der Waals surface area (Å²) >= 11 is 0. The zero-order valence-corrected chi connectivity index (χ0v) is 12.4. The molecule has 20 heavy (non-hydrogen) atoms. The van der Waals surface area contributed by atoms with Crippen LogP contribution in [-0.2, 0) is 4.79 Å². The summed E-state index contributed by atoms with van der Waals surface area (Å²) in [5.74, 6) is 0.228. The highest BCUT2D eigenvalue weighted by atomic mass is 16.2. The molecule has 1 aliphatic rings. The third kappa shape index (κ3) is 3.02. The normalized spacial score (nSPS) is 25.5. The maximum Gasteiger partial charge on any atom is 0.242 e. The molecule has 0 saturated carbocycles. The molecule has 0 aromatic heterocycles. The molecule has 110 valence electrons. The van der Waals surface area contributed by atoms with Crippen molar-refractivity contribution < 1.29 is 4.79 Å². The molecule has 1 unspecified atom stereocenters. The van der Waals surface area contributed by atoms with E-state index >= 15 is 0 Å². The summed E-state index contributed by atoms with van der Waals surface area (Å²) in [6.07, 6.45) is 1.61. The van der Waals surface area contributed by atoms with Crippen molar-refractivity contribution in [2.45, 2.75) is 44.2 Å². The van der Waals surface area contributed by atoms with Crippen molar-refractivity contribution in [3.8, 4) is 0 Å². The van der Waals surface area contributed by atoms with Crippen LogP contribution in [0.2, 0.25) is 0 Å². The largest absolute Gasteiger partial charge is 0.339 e. The van der Waals surface area contributed by atoms with Gasteiger partial charge in [0, 0.05) is 25.0 Å². The van der Waals surface area contributed by atoms with Gasteiger partial charge < -0.3 is 16.4 Å². The van der Waals surface area contributed by atoms with Crippen LogP contribution in [0.3, 0.4) is 0 Å². The van der Waals surface area contributed by atoms with Crippen LogP contribution in [0.1, 0.15) is 38.2 Å². The van der Waals surface area contributed by atoms with Gasteiger partial charge in [-0.3, -0.25) is 4.79 Å². The Labute approximate surface area is 121 Å². The average Bonchev–Trinajstić information content (AvgIpc) is 2.81. The number of hydrogen-bond acceptors (Lipinski definition) is 3. The van der Waals surface area contributed by atoms with Gasteiger partial charge in [-0.25, -0.2) is 0 Å². The second-order valence-corrected chi connectivity index (χ2v) is 6.06. The van der Waals surface area contributed by atoms with Crippen molar-refractivity contribution in [2.24, 2.45) is 11.5 Å². The molecule has 2 rings (SSSR count). The summed E-state index contributed by atoms with van der Waals surface area (Å²) in [4.78, 5) is 14.4. The van der Waals surface area contributed by atoms with Gasteiger partial charge in [0.1, 0.15) is 0 Å². The molecule has 1 saturated heterocycles. The Hall–Kier alpha value is -1.39. The summed E-state index contributed by atoms with van der Waals surface area (Å²) < 4.78 is 0. The van der Waals surface area contributed by atoms with Crippen LogP contribution in [0.15, 0.2) is 30.3 Å². The lowest BCUT2D eigenvalue weighted by atomic mass is 9.94. The van der Waals surface area contributed by atoms with E-state index in [0.717, 1.165) is 6.42 Å². The molecule has 1 aromatic carbocycles. The van der Waals surface area contributed by atoms with Crippen molar-refractivity contribution >= 4 is 5.91 Å². The second-order valence-electron chi connectivity index (χ2n) is 6.06. The molecule has 1 aliphatic heterocycles. The van der Waals surface area contributed by atoms with E-state index in [-0.39, 0.29) is 17.9 Å². The topological polar surface area (TPSA) is 72.4 Å². The van der Waals surface area contributed by atoms with E-state index in [9.17, 15) is 4.79 Å². The number of nitrogens with zero attached hydrogens (tertiary/aromatic N) is 1.